The van der Waals surface area contributed by atoms with Gasteiger partial charge in [0, 0.05) is 37.6 Å². The maximum Gasteiger partial charge on any atom is 0.224 e. The lowest BCUT2D eigenvalue weighted by Gasteiger charge is -2.30. The highest BCUT2D eigenvalue weighted by molar-refractivity contribution is 5.88. The number of fused-ring (bicyclic) bond motifs is 1. The minimum absolute atomic E-state index is 0.240. The zero-order valence-electron chi connectivity index (χ0n) is 14.1. The van der Waals surface area contributed by atoms with Gasteiger partial charge in [0.2, 0.25) is 5.95 Å². The molecular formula is C17H21N7O. The maximum atomic E-state index is 9.77. The number of aliphatic hydroxyl groups excluding tert-OH is 1. The second kappa shape index (κ2) is 6.29. The molecule has 1 aliphatic heterocycles. The molecule has 3 aromatic rings. The Kier molecular flexibility index (Phi) is 3.96. The normalized spacial score (nSPS) is 15.8. The summed E-state index contributed by atoms with van der Waals surface area (Å²) in [6.07, 6.45) is 4.70. The topological polar surface area (TPSA) is 106 Å². The third-order valence-corrected chi connectivity index (χ3v) is 4.61. The van der Waals surface area contributed by atoms with Crippen molar-refractivity contribution < 1.29 is 5.11 Å². The standard InChI is InChI=1S/C17H21N7O/c1-2-24-14(11-3-7-19-8-4-11)20-13-15(21-17(18)22-16(13)24)23-9-5-12(25)6-10-23/h3-4,7-8,12,25H,2,5-6,9-10H2,1H3,(H2,18,21,22). The quantitative estimate of drug-likeness (QED) is 0.744. The van der Waals surface area contributed by atoms with Crippen LogP contribution in [0.15, 0.2) is 24.5 Å². The van der Waals surface area contributed by atoms with Crippen molar-refractivity contribution in [2.24, 2.45) is 0 Å². The smallest absolute Gasteiger partial charge is 0.224 e. The van der Waals surface area contributed by atoms with Crippen molar-refractivity contribution in [2.45, 2.75) is 32.4 Å². The Morgan fingerprint density at radius 1 is 1.16 bits per heavy atom. The summed E-state index contributed by atoms with van der Waals surface area (Å²) in [7, 11) is 0. The van der Waals surface area contributed by atoms with E-state index in [2.05, 4.69) is 26.8 Å². The van der Waals surface area contributed by atoms with Crippen LogP contribution < -0.4 is 10.6 Å². The molecule has 8 nitrogen and oxygen atoms in total. The molecule has 4 rings (SSSR count). The van der Waals surface area contributed by atoms with E-state index in [4.69, 9.17) is 10.7 Å². The van der Waals surface area contributed by atoms with Gasteiger partial charge in [0.15, 0.2) is 17.0 Å². The molecule has 3 aromatic heterocycles. The fraction of sp³-hybridized carbons (Fsp3) is 0.412. The monoisotopic (exact) mass is 339 g/mol. The summed E-state index contributed by atoms with van der Waals surface area (Å²) < 4.78 is 2.05. The van der Waals surface area contributed by atoms with Crippen molar-refractivity contribution in [2.75, 3.05) is 23.7 Å². The lowest BCUT2D eigenvalue weighted by atomic mass is 10.1. The molecule has 0 aliphatic carbocycles. The highest BCUT2D eigenvalue weighted by Crippen LogP contribution is 2.30. The molecule has 1 aliphatic rings. The number of nitrogens with zero attached hydrogens (tertiary/aromatic N) is 6. The third-order valence-electron chi connectivity index (χ3n) is 4.61. The summed E-state index contributed by atoms with van der Waals surface area (Å²) in [5.74, 6) is 1.82. The number of hydrogen-bond donors (Lipinski definition) is 2. The van der Waals surface area contributed by atoms with Crippen LogP contribution in [0.3, 0.4) is 0 Å². The summed E-state index contributed by atoms with van der Waals surface area (Å²) >= 11 is 0. The average Bonchev–Trinajstić information content (AvgIpc) is 3.01. The summed E-state index contributed by atoms with van der Waals surface area (Å²) in [4.78, 5) is 19.9. The van der Waals surface area contributed by atoms with Crippen LogP contribution in [-0.4, -0.2) is 48.8 Å². The third kappa shape index (κ3) is 2.78. The first-order valence-electron chi connectivity index (χ1n) is 8.54. The molecule has 1 saturated heterocycles. The van der Waals surface area contributed by atoms with Gasteiger partial charge in [-0.3, -0.25) is 4.98 Å². The van der Waals surface area contributed by atoms with E-state index in [9.17, 15) is 5.11 Å². The molecule has 25 heavy (non-hydrogen) atoms. The van der Waals surface area contributed by atoms with E-state index in [0.717, 1.165) is 60.8 Å². The number of pyridine rings is 1. The van der Waals surface area contributed by atoms with Crippen molar-refractivity contribution in [1.82, 2.24) is 24.5 Å². The number of rotatable bonds is 3. The molecule has 1 fully saturated rings. The Bertz CT molecular complexity index is 885. The number of aromatic nitrogens is 5. The van der Waals surface area contributed by atoms with Gasteiger partial charge >= 0.3 is 0 Å². The first-order chi connectivity index (χ1) is 12.2. The van der Waals surface area contributed by atoms with Crippen molar-refractivity contribution in [3.05, 3.63) is 24.5 Å². The summed E-state index contributed by atoms with van der Waals surface area (Å²) in [6.45, 7) is 4.25. The van der Waals surface area contributed by atoms with Gasteiger partial charge in [-0.15, -0.1) is 0 Å². The molecule has 0 spiro atoms. The molecule has 0 amide bonds. The van der Waals surface area contributed by atoms with E-state index >= 15 is 0 Å². The van der Waals surface area contributed by atoms with Crippen LogP contribution in [0.1, 0.15) is 19.8 Å². The number of anilines is 2. The van der Waals surface area contributed by atoms with Crippen molar-refractivity contribution in [1.29, 1.82) is 0 Å². The second-order valence-electron chi connectivity index (χ2n) is 6.21. The van der Waals surface area contributed by atoms with Gasteiger partial charge in [-0.05, 0) is 31.9 Å². The molecule has 4 heterocycles. The van der Waals surface area contributed by atoms with Gasteiger partial charge in [0.05, 0.1) is 6.10 Å². The van der Waals surface area contributed by atoms with E-state index in [1.807, 2.05) is 16.7 Å². The van der Waals surface area contributed by atoms with Gasteiger partial charge in [-0.1, -0.05) is 0 Å². The molecule has 0 aromatic carbocycles. The van der Waals surface area contributed by atoms with Crippen LogP contribution in [0.4, 0.5) is 11.8 Å². The molecule has 8 heteroatoms. The van der Waals surface area contributed by atoms with E-state index in [1.165, 1.54) is 0 Å². The molecule has 0 saturated carbocycles. The summed E-state index contributed by atoms with van der Waals surface area (Å²) in [6, 6.07) is 3.86. The second-order valence-corrected chi connectivity index (χ2v) is 6.21. The fourth-order valence-corrected chi connectivity index (χ4v) is 3.32. The SMILES string of the molecule is CCn1c(-c2ccncc2)nc2c(N3CCC(O)CC3)nc(N)nc21. The Labute approximate surface area is 145 Å². The van der Waals surface area contributed by atoms with Crippen LogP contribution in [0.2, 0.25) is 0 Å². The zero-order chi connectivity index (χ0) is 17.4. The van der Waals surface area contributed by atoms with E-state index < -0.39 is 0 Å². The van der Waals surface area contributed by atoms with E-state index in [1.54, 1.807) is 12.4 Å². The number of aliphatic hydroxyl groups is 1. The Morgan fingerprint density at radius 3 is 2.56 bits per heavy atom. The Hall–Kier alpha value is -2.74. The molecule has 0 bridgehead atoms. The van der Waals surface area contributed by atoms with E-state index in [-0.39, 0.29) is 12.1 Å². The number of nitrogens with two attached hydrogens (primary N) is 1. The van der Waals surface area contributed by atoms with Crippen LogP contribution in [0.25, 0.3) is 22.6 Å². The predicted octanol–water partition coefficient (Wildman–Crippen LogP) is 1.45. The van der Waals surface area contributed by atoms with E-state index in [0.29, 0.717) is 0 Å². The highest BCUT2D eigenvalue weighted by atomic mass is 16.3. The predicted molar refractivity (Wildman–Crippen MR) is 96.1 cm³/mol. The molecular weight excluding hydrogens is 318 g/mol. The molecule has 0 unspecified atom stereocenters. The number of aryl methyl sites for hydroxylation is 1. The number of hydrogen-bond acceptors (Lipinski definition) is 7. The largest absolute Gasteiger partial charge is 0.393 e. The minimum atomic E-state index is -0.244. The number of nitrogen functional groups attached to an aromatic ring is 1. The van der Waals surface area contributed by atoms with Crippen LogP contribution in [-0.2, 0) is 6.54 Å². The first kappa shape index (κ1) is 15.8. The maximum absolute atomic E-state index is 9.77. The van der Waals surface area contributed by atoms with Crippen LogP contribution in [0, 0.1) is 0 Å². The molecule has 0 radical (unpaired) electrons. The van der Waals surface area contributed by atoms with Gasteiger partial charge in [-0.25, -0.2) is 4.98 Å². The van der Waals surface area contributed by atoms with Crippen molar-refractivity contribution >= 4 is 22.9 Å². The molecule has 0 atom stereocenters. The van der Waals surface area contributed by atoms with Crippen LogP contribution in [0.5, 0.6) is 0 Å². The molecule has 3 N–H and O–H groups in total. The zero-order valence-corrected chi connectivity index (χ0v) is 14.1. The summed E-state index contributed by atoms with van der Waals surface area (Å²) in [5.41, 5.74) is 8.45. The number of piperidine rings is 1. The van der Waals surface area contributed by atoms with Crippen molar-refractivity contribution in [3.63, 3.8) is 0 Å². The Balaban J connectivity index is 1.89. The fourth-order valence-electron chi connectivity index (χ4n) is 3.32. The van der Waals surface area contributed by atoms with Crippen LogP contribution >= 0.6 is 0 Å². The van der Waals surface area contributed by atoms with Gasteiger partial charge in [0.25, 0.3) is 0 Å². The highest BCUT2D eigenvalue weighted by Gasteiger charge is 2.24. The lowest BCUT2D eigenvalue weighted by Crippen LogP contribution is -2.36. The van der Waals surface area contributed by atoms with Gasteiger partial charge < -0.3 is 20.3 Å². The minimum Gasteiger partial charge on any atom is -0.393 e. The average molecular weight is 339 g/mol. The lowest BCUT2D eigenvalue weighted by molar-refractivity contribution is 0.145. The van der Waals surface area contributed by atoms with Gasteiger partial charge in [-0.2, -0.15) is 9.97 Å². The van der Waals surface area contributed by atoms with Gasteiger partial charge in [0.1, 0.15) is 5.82 Å². The van der Waals surface area contributed by atoms with Crippen molar-refractivity contribution in [3.8, 4) is 11.4 Å². The number of imidazole rings is 1. The first-order valence-corrected chi connectivity index (χ1v) is 8.54. The summed E-state index contributed by atoms with van der Waals surface area (Å²) in [5, 5.41) is 9.77. The molecule has 130 valence electrons. The Morgan fingerprint density at radius 2 is 1.88 bits per heavy atom.